The van der Waals surface area contributed by atoms with E-state index in [1.165, 1.54) is 0 Å². The number of hydrogen-bond acceptors (Lipinski definition) is 2. The van der Waals surface area contributed by atoms with Gasteiger partial charge in [-0.25, -0.2) is 0 Å². The van der Waals surface area contributed by atoms with Gasteiger partial charge in [-0.3, -0.25) is 14.9 Å². The zero-order valence-corrected chi connectivity index (χ0v) is 7.10. The van der Waals surface area contributed by atoms with Crippen LogP contribution in [0.15, 0.2) is 0 Å². The van der Waals surface area contributed by atoms with Crippen LogP contribution in [0.2, 0.25) is 0 Å². The second kappa shape index (κ2) is 2.32. The fourth-order valence-electron chi connectivity index (χ4n) is 1.19. The summed E-state index contributed by atoms with van der Waals surface area (Å²) in [5.74, 6) is -0.0577. The number of carbonyl (C=O) groups is 2. The van der Waals surface area contributed by atoms with Crippen molar-refractivity contribution in [2.75, 3.05) is 0 Å². The predicted octanol–water partition coefficient (Wildman–Crippen LogP) is 0.695. The molecule has 1 rings (SSSR count). The van der Waals surface area contributed by atoms with Gasteiger partial charge in [0.05, 0.1) is 5.41 Å². The summed E-state index contributed by atoms with van der Waals surface area (Å²) in [6.07, 6.45) is 0.337. The first-order chi connectivity index (χ1) is 4.97. The van der Waals surface area contributed by atoms with E-state index in [1.807, 2.05) is 20.8 Å². The van der Waals surface area contributed by atoms with E-state index in [9.17, 15) is 9.59 Å². The molecule has 0 aliphatic carbocycles. The van der Waals surface area contributed by atoms with Gasteiger partial charge in [0.1, 0.15) is 0 Å². The lowest BCUT2D eigenvalue weighted by molar-refractivity contribution is -0.129. The number of nitrogens with one attached hydrogen (secondary N) is 1. The Labute approximate surface area is 66.2 Å². The summed E-state index contributed by atoms with van der Waals surface area (Å²) in [6.45, 7) is 5.74. The number of rotatable bonds is 1. The molecule has 1 N–H and O–H groups in total. The highest BCUT2D eigenvalue weighted by Gasteiger charge is 2.44. The van der Waals surface area contributed by atoms with Crippen molar-refractivity contribution in [1.29, 1.82) is 0 Å². The molecule has 1 atom stereocenters. The largest absolute Gasteiger partial charge is 0.296 e. The van der Waals surface area contributed by atoms with Crippen molar-refractivity contribution in [1.82, 2.24) is 5.32 Å². The Kier molecular flexibility index (Phi) is 1.74. The van der Waals surface area contributed by atoms with Gasteiger partial charge in [-0.05, 0) is 12.8 Å². The van der Waals surface area contributed by atoms with Gasteiger partial charge in [-0.2, -0.15) is 0 Å². The van der Waals surface area contributed by atoms with E-state index in [4.69, 9.17) is 0 Å². The van der Waals surface area contributed by atoms with Crippen molar-refractivity contribution in [3.05, 3.63) is 0 Å². The average Bonchev–Trinajstić information content (AvgIpc) is 2.08. The van der Waals surface area contributed by atoms with Crippen LogP contribution in [0.3, 0.4) is 0 Å². The maximum atomic E-state index is 11.2. The molecule has 1 saturated heterocycles. The Balaban J connectivity index is 2.87. The van der Waals surface area contributed by atoms with Crippen molar-refractivity contribution >= 4 is 11.8 Å². The van der Waals surface area contributed by atoms with Crippen LogP contribution in [0.5, 0.6) is 0 Å². The maximum absolute atomic E-state index is 11.2. The molecule has 2 amide bonds. The quantitative estimate of drug-likeness (QED) is 0.566. The zero-order chi connectivity index (χ0) is 8.65. The van der Waals surface area contributed by atoms with Gasteiger partial charge in [0.25, 0.3) is 0 Å². The first kappa shape index (κ1) is 8.24. The molecule has 1 aliphatic rings. The lowest BCUT2D eigenvalue weighted by Gasteiger charge is -2.23. The zero-order valence-electron chi connectivity index (χ0n) is 7.10. The topological polar surface area (TPSA) is 46.2 Å². The highest BCUT2D eigenvalue weighted by atomic mass is 16.2. The van der Waals surface area contributed by atoms with Gasteiger partial charge in [-0.1, -0.05) is 13.8 Å². The lowest BCUT2D eigenvalue weighted by atomic mass is 9.78. The minimum absolute atomic E-state index is 0.127. The molecule has 0 bridgehead atoms. The smallest absolute Gasteiger partial charge is 0.233 e. The Morgan fingerprint density at radius 3 is 2.18 bits per heavy atom. The van der Waals surface area contributed by atoms with Gasteiger partial charge in [0.2, 0.25) is 11.8 Å². The summed E-state index contributed by atoms with van der Waals surface area (Å²) >= 11 is 0. The summed E-state index contributed by atoms with van der Waals surface area (Å²) in [5, 5.41) is 2.31. The van der Waals surface area contributed by atoms with Crippen LogP contribution < -0.4 is 5.32 Å². The molecule has 1 heterocycles. The average molecular weight is 155 g/mol. The Hall–Kier alpha value is -0.860. The van der Waals surface area contributed by atoms with Crippen molar-refractivity contribution in [3.63, 3.8) is 0 Å². The van der Waals surface area contributed by atoms with Crippen LogP contribution in [-0.4, -0.2) is 11.8 Å². The van der Waals surface area contributed by atoms with Crippen molar-refractivity contribution in [2.45, 2.75) is 27.2 Å². The highest BCUT2D eigenvalue weighted by Crippen LogP contribution is 2.34. The standard InChI is InChI=1S/C8H13NO2/c1-5(2)8(3)4-6(10)9-7(8)11/h5H,4H2,1-3H3,(H,9,10,11). The highest BCUT2D eigenvalue weighted by molar-refractivity contribution is 6.05. The van der Waals surface area contributed by atoms with E-state index >= 15 is 0 Å². The number of carbonyl (C=O) groups excluding carboxylic acids is 2. The van der Waals surface area contributed by atoms with Crippen LogP contribution in [0.4, 0.5) is 0 Å². The van der Waals surface area contributed by atoms with Gasteiger partial charge in [-0.15, -0.1) is 0 Å². The normalized spacial score (nSPS) is 31.3. The van der Waals surface area contributed by atoms with Gasteiger partial charge in [0.15, 0.2) is 0 Å². The van der Waals surface area contributed by atoms with E-state index < -0.39 is 5.41 Å². The predicted molar refractivity (Wildman–Crippen MR) is 40.7 cm³/mol. The molecule has 0 radical (unpaired) electrons. The van der Waals surface area contributed by atoms with Crippen molar-refractivity contribution in [3.8, 4) is 0 Å². The van der Waals surface area contributed by atoms with E-state index in [0.29, 0.717) is 6.42 Å². The molecule has 0 aromatic rings. The Morgan fingerprint density at radius 1 is 1.45 bits per heavy atom. The molecule has 1 unspecified atom stereocenters. The third-order valence-electron chi connectivity index (χ3n) is 2.57. The van der Waals surface area contributed by atoms with Crippen LogP contribution in [-0.2, 0) is 9.59 Å². The van der Waals surface area contributed by atoms with Gasteiger partial charge < -0.3 is 0 Å². The second-order valence-corrected chi connectivity index (χ2v) is 3.63. The third kappa shape index (κ3) is 1.15. The fourth-order valence-corrected chi connectivity index (χ4v) is 1.19. The van der Waals surface area contributed by atoms with Crippen LogP contribution in [0, 0.1) is 11.3 Å². The number of amides is 2. The summed E-state index contributed by atoms with van der Waals surface area (Å²) in [7, 11) is 0. The van der Waals surface area contributed by atoms with Crippen LogP contribution in [0.25, 0.3) is 0 Å². The monoisotopic (exact) mass is 155 g/mol. The summed E-state index contributed by atoms with van der Waals surface area (Å²) in [6, 6.07) is 0. The van der Waals surface area contributed by atoms with Gasteiger partial charge in [0, 0.05) is 6.42 Å². The molecule has 0 aromatic heterocycles. The fraction of sp³-hybridized carbons (Fsp3) is 0.750. The Bertz CT molecular complexity index is 210. The van der Waals surface area contributed by atoms with Crippen LogP contribution >= 0.6 is 0 Å². The molecule has 3 nitrogen and oxygen atoms in total. The number of hydrogen-bond donors (Lipinski definition) is 1. The first-order valence-electron chi connectivity index (χ1n) is 3.81. The SMILES string of the molecule is CC(C)C1(C)CC(=O)NC1=O. The summed E-state index contributed by atoms with van der Waals surface area (Å²) in [5.41, 5.74) is -0.475. The van der Waals surface area contributed by atoms with Crippen molar-refractivity contribution < 1.29 is 9.59 Å². The number of imide groups is 1. The molecule has 0 saturated carbocycles. The third-order valence-corrected chi connectivity index (χ3v) is 2.57. The second-order valence-electron chi connectivity index (χ2n) is 3.63. The molecular formula is C8H13NO2. The summed E-state index contributed by atoms with van der Waals surface area (Å²) in [4.78, 5) is 22.1. The molecular weight excluding hydrogens is 142 g/mol. The minimum atomic E-state index is -0.475. The molecule has 0 aromatic carbocycles. The van der Waals surface area contributed by atoms with E-state index in [-0.39, 0.29) is 17.7 Å². The van der Waals surface area contributed by atoms with E-state index in [2.05, 4.69) is 5.32 Å². The molecule has 3 heteroatoms. The molecule has 0 spiro atoms. The molecule has 1 fully saturated rings. The van der Waals surface area contributed by atoms with Crippen LogP contribution in [0.1, 0.15) is 27.2 Å². The van der Waals surface area contributed by atoms with E-state index in [1.54, 1.807) is 0 Å². The van der Waals surface area contributed by atoms with Gasteiger partial charge >= 0.3 is 0 Å². The Morgan fingerprint density at radius 2 is 2.00 bits per heavy atom. The molecule has 62 valence electrons. The first-order valence-corrected chi connectivity index (χ1v) is 3.81. The lowest BCUT2D eigenvalue weighted by Crippen LogP contribution is -2.33. The maximum Gasteiger partial charge on any atom is 0.233 e. The molecule has 11 heavy (non-hydrogen) atoms. The summed E-state index contributed by atoms with van der Waals surface area (Å²) < 4.78 is 0. The van der Waals surface area contributed by atoms with E-state index in [0.717, 1.165) is 0 Å². The van der Waals surface area contributed by atoms with Crippen molar-refractivity contribution in [2.24, 2.45) is 11.3 Å². The molecule has 1 aliphatic heterocycles. The minimum Gasteiger partial charge on any atom is -0.296 e.